The summed E-state index contributed by atoms with van der Waals surface area (Å²) in [6.45, 7) is 3.82. The molecule has 0 saturated heterocycles. The number of esters is 1. The zero-order valence-corrected chi connectivity index (χ0v) is 14.6. The van der Waals surface area contributed by atoms with Crippen LogP contribution in [0.3, 0.4) is 0 Å². The number of benzene rings is 1. The molecule has 124 valence electrons. The van der Waals surface area contributed by atoms with Crippen LogP contribution >= 0.6 is 11.3 Å². The van der Waals surface area contributed by atoms with Crippen molar-refractivity contribution in [3.63, 3.8) is 0 Å². The molecule has 0 aliphatic heterocycles. The maximum Gasteiger partial charge on any atom is 0.329 e. The molecule has 1 atom stereocenters. The van der Waals surface area contributed by atoms with Gasteiger partial charge < -0.3 is 4.74 Å². The van der Waals surface area contributed by atoms with Gasteiger partial charge >= 0.3 is 5.97 Å². The van der Waals surface area contributed by atoms with E-state index in [1.54, 1.807) is 0 Å². The highest BCUT2D eigenvalue weighted by molar-refractivity contribution is 7.19. The Bertz CT molecular complexity index is 944. The fourth-order valence-electron chi connectivity index (χ4n) is 2.90. The summed E-state index contributed by atoms with van der Waals surface area (Å²) >= 11 is 1.49. The summed E-state index contributed by atoms with van der Waals surface area (Å²) in [5.74, 6) is -0.436. The molecule has 0 radical (unpaired) electrons. The number of carbonyl (C=O) groups excluding carboxylic acids is 1. The first kappa shape index (κ1) is 16.4. The third kappa shape index (κ3) is 2.63. The van der Waals surface area contributed by atoms with Crippen LogP contribution in [0.5, 0.6) is 0 Å². The van der Waals surface area contributed by atoms with Crippen LogP contribution in [0.1, 0.15) is 24.3 Å². The van der Waals surface area contributed by atoms with Crippen LogP contribution in [0.2, 0.25) is 0 Å². The summed E-state index contributed by atoms with van der Waals surface area (Å²) in [7, 11) is 1.33. The van der Waals surface area contributed by atoms with E-state index in [4.69, 9.17) is 4.74 Å². The van der Waals surface area contributed by atoms with Crippen LogP contribution in [0, 0.1) is 6.92 Å². The molecule has 3 rings (SSSR count). The van der Waals surface area contributed by atoms with Gasteiger partial charge in [-0.05, 0) is 18.9 Å². The van der Waals surface area contributed by atoms with Gasteiger partial charge in [-0.2, -0.15) is 0 Å². The lowest BCUT2D eigenvalue weighted by atomic mass is 10.0. The van der Waals surface area contributed by atoms with Crippen molar-refractivity contribution < 1.29 is 9.53 Å². The number of ether oxygens (including phenoxy) is 1. The molecule has 0 aliphatic rings. The first-order valence-electron chi connectivity index (χ1n) is 7.72. The average molecular weight is 342 g/mol. The Balaban J connectivity index is 2.29. The fourth-order valence-corrected chi connectivity index (χ4v) is 3.91. The lowest BCUT2D eigenvalue weighted by Crippen LogP contribution is -2.30. The van der Waals surface area contributed by atoms with Crippen molar-refractivity contribution in [1.82, 2.24) is 9.55 Å². The Morgan fingerprint density at radius 2 is 2.04 bits per heavy atom. The van der Waals surface area contributed by atoms with Gasteiger partial charge in [-0.1, -0.05) is 37.3 Å². The predicted molar refractivity (Wildman–Crippen MR) is 95.4 cm³/mol. The van der Waals surface area contributed by atoms with Gasteiger partial charge in [0.1, 0.15) is 10.9 Å². The van der Waals surface area contributed by atoms with Gasteiger partial charge in [0.15, 0.2) is 0 Å². The van der Waals surface area contributed by atoms with E-state index >= 15 is 0 Å². The van der Waals surface area contributed by atoms with E-state index in [9.17, 15) is 9.59 Å². The Hall–Kier alpha value is -2.47. The number of hydrogen-bond acceptors (Lipinski definition) is 5. The van der Waals surface area contributed by atoms with Crippen LogP contribution in [-0.2, 0) is 9.53 Å². The summed E-state index contributed by atoms with van der Waals surface area (Å²) < 4.78 is 6.20. The van der Waals surface area contributed by atoms with Gasteiger partial charge in [-0.3, -0.25) is 9.36 Å². The molecule has 6 heteroatoms. The van der Waals surface area contributed by atoms with Crippen molar-refractivity contribution in [3.8, 4) is 11.1 Å². The van der Waals surface area contributed by atoms with Gasteiger partial charge in [0.25, 0.3) is 5.56 Å². The molecule has 0 amide bonds. The molecule has 0 N–H and O–H groups in total. The topological polar surface area (TPSA) is 61.2 Å². The Labute approximate surface area is 143 Å². The fraction of sp³-hybridized carbons (Fsp3) is 0.278. The molecule has 1 aromatic carbocycles. The highest BCUT2D eigenvalue weighted by Gasteiger charge is 2.24. The van der Waals surface area contributed by atoms with Crippen molar-refractivity contribution in [1.29, 1.82) is 0 Å². The normalized spacial score (nSPS) is 12.3. The molecule has 5 nitrogen and oxygen atoms in total. The summed E-state index contributed by atoms with van der Waals surface area (Å²) in [5, 5.41) is 0.563. The minimum absolute atomic E-state index is 0.208. The number of rotatable bonds is 4. The second-order valence-electron chi connectivity index (χ2n) is 5.48. The predicted octanol–water partition coefficient (Wildman–Crippen LogP) is 3.56. The largest absolute Gasteiger partial charge is 0.467 e. The molecular formula is C18H18N2O3S. The monoisotopic (exact) mass is 342 g/mol. The number of methoxy groups -OCH3 is 1. The summed E-state index contributed by atoms with van der Waals surface area (Å²) in [6.07, 6.45) is 1.91. The van der Waals surface area contributed by atoms with Crippen molar-refractivity contribution in [2.24, 2.45) is 0 Å². The number of nitrogens with zero attached hydrogens (tertiary/aromatic N) is 2. The highest BCUT2D eigenvalue weighted by atomic mass is 32.1. The smallest absolute Gasteiger partial charge is 0.329 e. The van der Waals surface area contributed by atoms with Crippen molar-refractivity contribution >= 4 is 27.5 Å². The molecular weight excluding hydrogens is 324 g/mol. The van der Waals surface area contributed by atoms with E-state index < -0.39 is 12.0 Å². The molecule has 0 fully saturated rings. The first-order chi connectivity index (χ1) is 11.6. The standard InChI is InChI=1S/C18H18N2O3S/c1-4-13(18(22)23-3)20-10-19-16-15(17(20)21)14(11(2)24-16)12-8-6-5-7-9-12/h5-10,13H,4H2,1-3H3. The highest BCUT2D eigenvalue weighted by Crippen LogP contribution is 2.35. The third-order valence-corrected chi connectivity index (χ3v) is 5.08. The molecule has 0 saturated carbocycles. The van der Waals surface area contributed by atoms with Crippen molar-refractivity contribution in [2.45, 2.75) is 26.3 Å². The van der Waals surface area contributed by atoms with Crippen molar-refractivity contribution in [2.75, 3.05) is 7.11 Å². The summed E-state index contributed by atoms with van der Waals surface area (Å²) in [4.78, 5) is 31.2. The van der Waals surface area contributed by atoms with Gasteiger partial charge in [-0.15, -0.1) is 11.3 Å². The zero-order valence-electron chi connectivity index (χ0n) is 13.8. The molecule has 1 unspecified atom stereocenters. The lowest BCUT2D eigenvalue weighted by molar-refractivity contribution is -0.144. The Kier molecular flexibility index (Phi) is 4.49. The third-order valence-electron chi connectivity index (χ3n) is 4.07. The molecule has 2 heterocycles. The summed E-state index contributed by atoms with van der Waals surface area (Å²) in [6, 6.07) is 9.11. The van der Waals surface area contributed by atoms with Gasteiger partial charge in [-0.25, -0.2) is 9.78 Å². The van der Waals surface area contributed by atoms with Crippen LogP contribution < -0.4 is 5.56 Å². The maximum absolute atomic E-state index is 13.1. The zero-order chi connectivity index (χ0) is 17.3. The molecule has 0 bridgehead atoms. The minimum Gasteiger partial charge on any atom is -0.467 e. The number of aromatic nitrogens is 2. The number of aryl methyl sites for hydroxylation is 1. The second-order valence-corrected chi connectivity index (χ2v) is 6.69. The second kappa shape index (κ2) is 6.57. The number of hydrogen-bond donors (Lipinski definition) is 0. The minimum atomic E-state index is -0.664. The van der Waals surface area contributed by atoms with Crippen LogP contribution in [0.25, 0.3) is 21.3 Å². The quantitative estimate of drug-likeness (QED) is 0.680. The Morgan fingerprint density at radius 3 is 2.67 bits per heavy atom. The number of thiophene rings is 1. The number of carbonyl (C=O) groups is 1. The van der Waals surface area contributed by atoms with Crippen LogP contribution in [0.15, 0.2) is 41.5 Å². The average Bonchev–Trinajstić information content (AvgIpc) is 2.94. The van der Waals surface area contributed by atoms with Crippen LogP contribution in [0.4, 0.5) is 0 Å². The summed E-state index contributed by atoms with van der Waals surface area (Å²) in [5.41, 5.74) is 1.66. The van der Waals surface area contributed by atoms with Gasteiger partial charge in [0.05, 0.1) is 18.8 Å². The number of fused-ring (bicyclic) bond motifs is 1. The van der Waals surface area contributed by atoms with Gasteiger partial charge in [0, 0.05) is 10.4 Å². The Morgan fingerprint density at radius 1 is 1.33 bits per heavy atom. The molecule has 2 aromatic heterocycles. The van der Waals surface area contributed by atoms with E-state index in [2.05, 4.69) is 4.98 Å². The van der Waals surface area contributed by atoms with E-state index in [1.165, 1.54) is 29.3 Å². The maximum atomic E-state index is 13.1. The van der Waals surface area contributed by atoms with E-state index in [0.29, 0.717) is 16.6 Å². The van der Waals surface area contributed by atoms with E-state index in [-0.39, 0.29) is 5.56 Å². The molecule has 24 heavy (non-hydrogen) atoms. The van der Waals surface area contributed by atoms with E-state index in [0.717, 1.165) is 16.0 Å². The molecule has 0 spiro atoms. The van der Waals surface area contributed by atoms with Gasteiger partial charge in [0.2, 0.25) is 0 Å². The first-order valence-corrected chi connectivity index (χ1v) is 8.53. The van der Waals surface area contributed by atoms with E-state index in [1.807, 2.05) is 44.2 Å². The SMILES string of the molecule is CCC(C(=O)OC)n1cnc2sc(C)c(-c3ccccc3)c2c1=O. The lowest BCUT2D eigenvalue weighted by Gasteiger charge is -2.15. The molecule has 3 aromatic rings. The molecule has 0 aliphatic carbocycles. The van der Waals surface area contributed by atoms with Crippen molar-refractivity contribution in [3.05, 3.63) is 51.9 Å². The van der Waals surface area contributed by atoms with Crippen LogP contribution in [-0.4, -0.2) is 22.6 Å².